The first-order valence-corrected chi connectivity index (χ1v) is 10.0. The van der Waals surface area contributed by atoms with Gasteiger partial charge in [0.05, 0.1) is 17.2 Å². The van der Waals surface area contributed by atoms with E-state index in [4.69, 9.17) is 13.8 Å². The van der Waals surface area contributed by atoms with Crippen molar-refractivity contribution in [3.05, 3.63) is 41.3 Å². The monoisotopic (exact) mass is 417 g/mol. The minimum atomic E-state index is -0.655. The Labute approximate surface area is 176 Å². The van der Waals surface area contributed by atoms with Gasteiger partial charge in [-0.2, -0.15) is 4.98 Å². The summed E-state index contributed by atoms with van der Waals surface area (Å²) >= 11 is 0. The number of carbonyl (C=O) groups is 1. The molecule has 1 aliphatic heterocycles. The van der Waals surface area contributed by atoms with Crippen LogP contribution < -0.4 is 10.8 Å². The van der Waals surface area contributed by atoms with Gasteiger partial charge >= 0.3 is 18.9 Å². The van der Waals surface area contributed by atoms with E-state index in [2.05, 4.69) is 15.5 Å². The molecule has 0 radical (unpaired) electrons. The van der Waals surface area contributed by atoms with E-state index in [0.717, 1.165) is 0 Å². The highest BCUT2D eigenvalue weighted by Crippen LogP contribution is 2.36. The molecule has 162 valence electrons. The van der Waals surface area contributed by atoms with Crippen LogP contribution in [0.25, 0.3) is 0 Å². The van der Waals surface area contributed by atoms with E-state index in [1.165, 1.54) is 6.07 Å². The van der Waals surface area contributed by atoms with Gasteiger partial charge in [-0.25, -0.2) is 4.39 Å². The van der Waals surface area contributed by atoms with Crippen molar-refractivity contribution in [2.75, 3.05) is 0 Å². The highest BCUT2D eigenvalue weighted by molar-refractivity contribution is 6.62. The molecule has 0 unspecified atom stereocenters. The van der Waals surface area contributed by atoms with Crippen LogP contribution in [0.1, 0.15) is 83.5 Å². The van der Waals surface area contributed by atoms with Crippen LogP contribution in [-0.4, -0.2) is 34.4 Å². The Morgan fingerprint density at radius 3 is 2.27 bits per heavy atom. The first-order chi connectivity index (χ1) is 13.7. The van der Waals surface area contributed by atoms with Crippen LogP contribution in [0.2, 0.25) is 0 Å². The Bertz CT molecular complexity index is 936. The molecule has 1 atom stereocenters. The van der Waals surface area contributed by atoms with Crippen molar-refractivity contribution in [1.82, 2.24) is 15.5 Å². The summed E-state index contributed by atoms with van der Waals surface area (Å²) in [6.07, 6.45) is 0. The fourth-order valence-electron chi connectivity index (χ4n) is 2.98. The molecule has 1 amide bonds. The van der Waals surface area contributed by atoms with E-state index >= 15 is 0 Å². The SMILES string of the molecule is C[C@@H](NC(=O)c1nc(C(C)(C)C)no1)c1ccc(B2OC(C)(C)C(C)(C)O2)cc1F. The fraction of sp³-hybridized carbons (Fsp3) is 0.571. The number of nitrogens with one attached hydrogen (secondary N) is 1. The van der Waals surface area contributed by atoms with E-state index in [1.54, 1.807) is 19.1 Å². The molecule has 2 aromatic rings. The van der Waals surface area contributed by atoms with Gasteiger partial charge in [-0.05, 0) is 46.1 Å². The van der Waals surface area contributed by atoms with Gasteiger partial charge in [0, 0.05) is 11.0 Å². The number of aromatic nitrogens is 2. The first-order valence-electron chi connectivity index (χ1n) is 10.0. The Balaban J connectivity index is 1.72. The van der Waals surface area contributed by atoms with E-state index in [0.29, 0.717) is 16.9 Å². The maximum absolute atomic E-state index is 14.8. The Kier molecular flexibility index (Phi) is 5.58. The van der Waals surface area contributed by atoms with Crippen molar-refractivity contribution in [3.8, 4) is 0 Å². The summed E-state index contributed by atoms with van der Waals surface area (Å²) in [7, 11) is -0.655. The molecule has 2 heterocycles. The standard InChI is InChI=1S/C21H29BFN3O4/c1-12(24-16(27)17-25-18(26-28-17)19(2,3)4)14-10-9-13(11-15(14)23)22-29-20(5,6)21(7,8)30-22/h9-12H,1-8H3,(H,24,27)/t12-/m1/s1. The average Bonchev–Trinajstić information content (AvgIpc) is 3.18. The van der Waals surface area contributed by atoms with Gasteiger partial charge in [0.1, 0.15) is 5.82 Å². The van der Waals surface area contributed by atoms with Crippen LogP contribution in [0.5, 0.6) is 0 Å². The first kappa shape index (κ1) is 22.4. The molecule has 1 N–H and O–H groups in total. The second-order valence-electron chi connectivity index (χ2n) is 9.74. The third-order valence-electron chi connectivity index (χ3n) is 5.66. The zero-order chi connectivity index (χ0) is 22.5. The Morgan fingerprint density at radius 1 is 1.17 bits per heavy atom. The van der Waals surface area contributed by atoms with E-state index < -0.39 is 36.1 Å². The van der Waals surface area contributed by atoms with Crippen molar-refractivity contribution < 1.29 is 23.0 Å². The number of nitrogens with zero attached hydrogens (tertiary/aromatic N) is 2. The number of carbonyl (C=O) groups excluding carboxylic acids is 1. The number of hydrogen-bond donors (Lipinski definition) is 1. The molecule has 0 spiro atoms. The van der Waals surface area contributed by atoms with Crippen LogP contribution in [0.15, 0.2) is 22.7 Å². The average molecular weight is 417 g/mol. The lowest BCUT2D eigenvalue weighted by molar-refractivity contribution is 0.00578. The van der Waals surface area contributed by atoms with Gasteiger partial charge < -0.3 is 19.1 Å². The maximum atomic E-state index is 14.8. The second-order valence-corrected chi connectivity index (χ2v) is 9.74. The molecule has 1 aromatic heterocycles. The predicted octanol–water partition coefficient (Wildman–Crippen LogP) is 3.30. The molecule has 1 saturated heterocycles. The smallest absolute Gasteiger partial charge is 0.399 e. The predicted molar refractivity (Wildman–Crippen MR) is 111 cm³/mol. The van der Waals surface area contributed by atoms with Gasteiger partial charge in [-0.3, -0.25) is 4.79 Å². The molecule has 30 heavy (non-hydrogen) atoms. The van der Waals surface area contributed by atoms with E-state index in [1.807, 2.05) is 48.5 Å². The maximum Gasteiger partial charge on any atom is 0.494 e. The lowest BCUT2D eigenvalue weighted by Crippen LogP contribution is -2.41. The highest BCUT2D eigenvalue weighted by Gasteiger charge is 2.51. The van der Waals surface area contributed by atoms with Crippen LogP contribution >= 0.6 is 0 Å². The summed E-state index contributed by atoms with van der Waals surface area (Å²) in [5.74, 6) is -0.741. The lowest BCUT2D eigenvalue weighted by atomic mass is 9.78. The fourth-order valence-corrected chi connectivity index (χ4v) is 2.98. The van der Waals surface area contributed by atoms with Gasteiger partial charge in [-0.15, -0.1) is 0 Å². The van der Waals surface area contributed by atoms with Gasteiger partial charge in [0.2, 0.25) is 0 Å². The summed E-state index contributed by atoms with van der Waals surface area (Å²) < 4.78 is 31.8. The zero-order valence-electron chi connectivity index (χ0n) is 18.8. The summed E-state index contributed by atoms with van der Waals surface area (Å²) in [5, 5.41) is 6.53. The molecule has 1 fully saturated rings. The van der Waals surface area contributed by atoms with Gasteiger partial charge in [0.15, 0.2) is 5.82 Å². The molecule has 0 saturated carbocycles. The molecule has 9 heteroatoms. The van der Waals surface area contributed by atoms with Gasteiger partial charge in [0.25, 0.3) is 0 Å². The summed E-state index contributed by atoms with van der Waals surface area (Å²) in [6, 6.07) is 4.14. The van der Waals surface area contributed by atoms with Crippen molar-refractivity contribution in [2.24, 2.45) is 0 Å². The molecule has 3 rings (SSSR count). The Morgan fingerprint density at radius 2 is 1.77 bits per heavy atom. The number of hydrogen-bond acceptors (Lipinski definition) is 6. The second kappa shape index (κ2) is 7.46. The quantitative estimate of drug-likeness (QED) is 0.769. The summed E-state index contributed by atoms with van der Waals surface area (Å²) in [6.45, 7) is 15.2. The van der Waals surface area contributed by atoms with E-state index in [9.17, 15) is 9.18 Å². The van der Waals surface area contributed by atoms with Crippen molar-refractivity contribution in [1.29, 1.82) is 0 Å². The van der Waals surface area contributed by atoms with Crippen molar-refractivity contribution in [3.63, 3.8) is 0 Å². The largest absolute Gasteiger partial charge is 0.494 e. The molecule has 7 nitrogen and oxygen atoms in total. The van der Waals surface area contributed by atoms with Crippen LogP contribution in [0.3, 0.4) is 0 Å². The molecule has 0 bridgehead atoms. The molecule has 0 aliphatic carbocycles. The normalized spacial score (nSPS) is 19.0. The molecular weight excluding hydrogens is 388 g/mol. The molecule has 1 aliphatic rings. The third-order valence-corrected chi connectivity index (χ3v) is 5.66. The Hall–Kier alpha value is -2.26. The lowest BCUT2D eigenvalue weighted by Gasteiger charge is -2.32. The minimum absolute atomic E-state index is 0.152. The van der Waals surface area contributed by atoms with Crippen LogP contribution in [0, 0.1) is 5.82 Å². The third kappa shape index (κ3) is 4.27. The summed E-state index contributed by atoms with van der Waals surface area (Å²) in [5.41, 5.74) is -0.448. The topological polar surface area (TPSA) is 86.5 Å². The minimum Gasteiger partial charge on any atom is -0.399 e. The van der Waals surface area contributed by atoms with Crippen molar-refractivity contribution >= 4 is 18.5 Å². The van der Waals surface area contributed by atoms with Crippen molar-refractivity contribution in [2.45, 2.75) is 78.0 Å². The number of amides is 1. The highest BCUT2D eigenvalue weighted by atomic mass is 19.1. The summed E-state index contributed by atoms with van der Waals surface area (Å²) in [4.78, 5) is 16.6. The molecular formula is C21H29BFN3O4. The number of rotatable bonds is 4. The van der Waals surface area contributed by atoms with Crippen LogP contribution in [0.4, 0.5) is 4.39 Å². The van der Waals surface area contributed by atoms with Gasteiger partial charge in [-0.1, -0.05) is 38.1 Å². The molecule has 1 aromatic carbocycles. The zero-order valence-corrected chi connectivity index (χ0v) is 18.8. The number of halogens is 1. The van der Waals surface area contributed by atoms with Crippen LogP contribution in [-0.2, 0) is 14.7 Å². The van der Waals surface area contributed by atoms with E-state index in [-0.39, 0.29) is 11.3 Å². The number of benzene rings is 1.